The van der Waals surface area contributed by atoms with Gasteiger partial charge in [0.05, 0.1) is 17.8 Å². The summed E-state index contributed by atoms with van der Waals surface area (Å²) in [5, 5.41) is 2.91. The standard InChI is InChI=1S/C8H9ClN2O2/c1-13-8(12)11-5-2-3-6(9)7(10)4-5/h2-4H,10H2,1H3,(H,11,12). The second-order valence-electron chi connectivity index (χ2n) is 2.35. The van der Waals surface area contributed by atoms with E-state index >= 15 is 0 Å². The summed E-state index contributed by atoms with van der Waals surface area (Å²) in [6, 6.07) is 4.79. The predicted molar refractivity (Wildman–Crippen MR) is 51.9 cm³/mol. The lowest BCUT2D eigenvalue weighted by Crippen LogP contribution is -2.10. The summed E-state index contributed by atoms with van der Waals surface area (Å²) in [4.78, 5) is 10.8. The number of nitrogens with one attached hydrogen (secondary N) is 1. The summed E-state index contributed by atoms with van der Waals surface area (Å²) in [5.41, 5.74) is 6.48. The number of halogens is 1. The van der Waals surface area contributed by atoms with Crippen molar-refractivity contribution in [2.24, 2.45) is 0 Å². The van der Waals surface area contributed by atoms with E-state index in [0.717, 1.165) is 0 Å². The lowest BCUT2D eigenvalue weighted by atomic mass is 10.3. The molecule has 4 nitrogen and oxygen atoms in total. The number of nitrogens with two attached hydrogens (primary N) is 1. The van der Waals surface area contributed by atoms with Gasteiger partial charge in [0.25, 0.3) is 0 Å². The fourth-order valence-corrected chi connectivity index (χ4v) is 0.908. The molecule has 1 aromatic carbocycles. The highest BCUT2D eigenvalue weighted by Crippen LogP contribution is 2.22. The minimum Gasteiger partial charge on any atom is -0.453 e. The van der Waals surface area contributed by atoms with Gasteiger partial charge in [0.2, 0.25) is 0 Å². The van der Waals surface area contributed by atoms with Crippen LogP contribution in [0.3, 0.4) is 0 Å². The van der Waals surface area contributed by atoms with Crippen LogP contribution in [0.15, 0.2) is 18.2 Å². The van der Waals surface area contributed by atoms with Gasteiger partial charge in [-0.25, -0.2) is 4.79 Å². The molecule has 0 bridgehead atoms. The van der Waals surface area contributed by atoms with Gasteiger partial charge in [-0.2, -0.15) is 0 Å². The highest BCUT2D eigenvalue weighted by molar-refractivity contribution is 6.33. The molecular weight excluding hydrogens is 192 g/mol. The molecule has 70 valence electrons. The lowest BCUT2D eigenvalue weighted by molar-refractivity contribution is 0.187. The molecule has 0 aromatic heterocycles. The number of ether oxygens (including phenoxy) is 1. The number of nitrogen functional groups attached to an aromatic ring is 1. The maximum atomic E-state index is 10.8. The number of hydrogen-bond donors (Lipinski definition) is 2. The molecule has 0 aliphatic heterocycles. The number of benzene rings is 1. The Hall–Kier alpha value is -1.42. The molecule has 1 rings (SSSR count). The highest BCUT2D eigenvalue weighted by atomic mass is 35.5. The first-order valence-electron chi connectivity index (χ1n) is 3.53. The fraction of sp³-hybridized carbons (Fsp3) is 0.125. The average Bonchev–Trinajstić information content (AvgIpc) is 2.11. The summed E-state index contributed by atoms with van der Waals surface area (Å²) in [7, 11) is 1.29. The Labute approximate surface area is 80.6 Å². The number of anilines is 2. The largest absolute Gasteiger partial charge is 0.453 e. The third kappa shape index (κ3) is 2.52. The van der Waals surface area contributed by atoms with Gasteiger partial charge >= 0.3 is 6.09 Å². The quantitative estimate of drug-likeness (QED) is 0.683. The molecule has 0 radical (unpaired) electrons. The molecule has 0 saturated heterocycles. The summed E-state index contributed by atoms with van der Waals surface area (Å²) in [6.07, 6.45) is -0.540. The van der Waals surface area contributed by atoms with Crippen LogP contribution in [0.25, 0.3) is 0 Å². The van der Waals surface area contributed by atoms with E-state index in [9.17, 15) is 4.79 Å². The number of amides is 1. The molecule has 0 heterocycles. The smallest absolute Gasteiger partial charge is 0.411 e. The first kappa shape index (κ1) is 9.67. The molecule has 0 atom stereocenters. The number of rotatable bonds is 1. The van der Waals surface area contributed by atoms with Gasteiger partial charge in [0.1, 0.15) is 0 Å². The van der Waals surface area contributed by atoms with Crippen LogP contribution in [0, 0.1) is 0 Å². The molecule has 1 amide bonds. The lowest BCUT2D eigenvalue weighted by Gasteiger charge is -2.04. The number of carbonyl (C=O) groups excluding carboxylic acids is 1. The average molecular weight is 201 g/mol. The van der Waals surface area contributed by atoms with Gasteiger partial charge in [-0.1, -0.05) is 11.6 Å². The van der Waals surface area contributed by atoms with E-state index in [1.54, 1.807) is 18.2 Å². The van der Waals surface area contributed by atoms with Gasteiger partial charge in [0, 0.05) is 5.69 Å². The first-order chi connectivity index (χ1) is 6.13. The molecule has 0 unspecified atom stereocenters. The third-order valence-corrected chi connectivity index (χ3v) is 1.77. The predicted octanol–water partition coefficient (Wildman–Crippen LogP) is 2.10. The van der Waals surface area contributed by atoms with E-state index in [-0.39, 0.29) is 0 Å². The van der Waals surface area contributed by atoms with Crippen molar-refractivity contribution in [3.8, 4) is 0 Å². The third-order valence-electron chi connectivity index (χ3n) is 1.43. The molecule has 0 aliphatic carbocycles. The Morgan fingerprint density at radius 3 is 2.85 bits per heavy atom. The Morgan fingerprint density at radius 2 is 2.31 bits per heavy atom. The van der Waals surface area contributed by atoms with Crippen molar-refractivity contribution in [3.63, 3.8) is 0 Å². The second-order valence-corrected chi connectivity index (χ2v) is 2.76. The van der Waals surface area contributed by atoms with E-state index < -0.39 is 6.09 Å². The minimum absolute atomic E-state index is 0.413. The minimum atomic E-state index is -0.540. The highest BCUT2D eigenvalue weighted by Gasteiger charge is 2.02. The topological polar surface area (TPSA) is 64.3 Å². The Kier molecular flexibility index (Phi) is 2.97. The van der Waals surface area contributed by atoms with Crippen LogP contribution >= 0.6 is 11.6 Å². The zero-order chi connectivity index (χ0) is 9.84. The summed E-state index contributed by atoms with van der Waals surface area (Å²) in [5.74, 6) is 0. The van der Waals surface area contributed by atoms with Crippen molar-refractivity contribution in [1.82, 2.24) is 0 Å². The number of carbonyl (C=O) groups is 1. The number of methoxy groups -OCH3 is 1. The monoisotopic (exact) mass is 200 g/mol. The molecule has 13 heavy (non-hydrogen) atoms. The van der Waals surface area contributed by atoms with Gasteiger partial charge in [0.15, 0.2) is 0 Å². The SMILES string of the molecule is COC(=O)Nc1ccc(Cl)c(N)c1. The maximum absolute atomic E-state index is 10.8. The van der Waals surface area contributed by atoms with Crippen LogP contribution in [0.4, 0.5) is 16.2 Å². The summed E-state index contributed by atoms with van der Waals surface area (Å²) in [6.45, 7) is 0. The second kappa shape index (κ2) is 4.00. The molecule has 5 heteroatoms. The first-order valence-corrected chi connectivity index (χ1v) is 3.91. The molecule has 0 aliphatic rings. The molecular formula is C8H9ClN2O2. The van der Waals surface area contributed by atoms with Crippen molar-refractivity contribution in [3.05, 3.63) is 23.2 Å². The van der Waals surface area contributed by atoms with Crippen molar-refractivity contribution < 1.29 is 9.53 Å². The van der Waals surface area contributed by atoms with Crippen molar-refractivity contribution in [1.29, 1.82) is 0 Å². The van der Waals surface area contributed by atoms with Crippen LogP contribution in [-0.4, -0.2) is 13.2 Å². The van der Waals surface area contributed by atoms with E-state index in [0.29, 0.717) is 16.4 Å². The molecule has 0 spiro atoms. The zero-order valence-electron chi connectivity index (χ0n) is 7.00. The summed E-state index contributed by atoms with van der Waals surface area (Å²) < 4.78 is 4.40. The van der Waals surface area contributed by atoms with Crippen LogP contribution in [0.2, 0.25) is 5.02 Å². The van der Waals surface area contributed by atoms with E-state index in [1.165, 1.54) is 7.11 Å². The zero-order valence-corrected chi connectivity index (χ0v) is 7.76. The van der Waals surface area contributed by atoms with Crippen molar-refractivity contribution in [2.75, 3.05) is 18.2 Å². The Balaban J connectivity index is 2.79. The maximum Gasteiger partial charge on any atom is 0.411 e. The van der Waals surface area contributed by atoms with Gasteiger partial charge in [-0.15, -0.1) is 0 Å². The molecule has 1 aromatic rings. The van der Waals surface area contributed by atoms with Crippen LogP contribution in [0.5, 0.6) is 0 Å². The fourth-order valence-electron chi connectivity index (χ4n) is 0.790. The van der Waals surface area contributed by atoms with Crippen LogP contribution in [0.1, 0.15) is 0 Å². The molecule has 0 fully saturated rings. The van der Waals surface area contributed by atoms with E-state index in [4.69, 9.17) is 17.3 Å². The van der Waals surface area contributed by atoms with Gasteiger partial charge in [-0.05, 0) is 18.2 Å². The van der Waals surface area contributed by atoms with Crippen LogP contribution < -0.4 is 11.1 Å². The van der Waals surface area contributed by atoms with Crippen LogP contribution in [-0.2, 0) is 4.74 Å². The molecule has 3 N–H and O–H groups in total. The van der Waals surface area contributed by atoms with E-state index in [1.807, 2.05) is 0 Å². The Bertz CT molecular complexity index is 328. The normalized spacial score (nSPS) is 9.38. The van der Waals surface area contributed by atoms with E-state index in [2.05, 4.69) is 10.1 Å². The molecule has 0 saturated carbocycles. The van der Waals surface area contributed by atoms with Crippen molar-refractivity contribution in [2.45, 2.75) is 0 Å². The van der Waals surface area contributed by atoms with Gasteiger partial charge < -0.3 is 10.5 Å². The Morgan fingerprint density at radius 1 is 1.62 bits per heavy atom. The van der Waals surface area contributed by atoms with Crippen molar-refractivity contribution >= 4 is 29.1 Å². The van der Waals surface area contributed by atoms with Gasteiger partial charge in [-0.3, -0.25) is 5.32 Å². The number of hydrogen-bond acceptors (Lipinski definition) is 3. The summed E-state index contributed by atoms with van der Waals surface area (Å²) >= 11 is 5.68.